The Morgan fingerprint density at radius 1 is 1.29 bits per heavy atom. The van der Waals surface area contributed by atoms with Gasteiger partial charge in [0.1, 0.15) is 0 Å². The van der Waals surface area contributed by atoms with Gasteiger partial charge in [0.15, 0.2) is 0 Å². The van der Waals surface area contributed by atoms with E-state index in [-0.39, 0.29) is 11.9 Å². The predicted molar refractivity (Wildman–Crippen MR) is 81.3 cm³/mol. The Morgan fingerprint density at radius 2 is 2.00 bits per heavy atom. The summed E-state index contributed by atoms with van der Waals surface area (Å²) in [6.45, 7) is 2.94. The summed E-state index contributed by atoms with van der Waals surface area (Å²) in [5.74, 6) is 0.271. The number of piperidine rings is 1. The van der Waals surface area contributed by atoms with Crippen molar-refractivity contribution < 1.29 is 14.3 Å². The molecular weight excluding hydrogens is 270 g/mol. The lowest BCUT2D eigenvalue weighted by atomic mass is 9.92. The number of hydrogen-bond donors (Lipinski definition) is 3. The number of carbonyl (C=O) groups excluding carboxylic acids is 2. The summed E-state index contributed by atoms with van der Waals surface area (Å²) < 4.78 is 4.54. The van der Waals surface area contributed by atoms with E-state index in [0.717, 1.165) is 19.4 Å². The van der Waals surface area contributed by atoms with Crippen molar-refractivity contribution in [3.8, 4) is 0 Å². The number of ether oxygens (including phenoxy) is 1. The molecule has 1 heterocycles. The van der Waals surface area contributed by atoms with Gasteiger partial charge in [-0.1, -0.05) is 13.0 Å². The number of anilines is 2. The van der Waals surface area contributed by atoms with E-state index in [9.17, 15) is 9.59 Å². The van der Waals surface area contributed by atoms with Crippen LogP contribution in [0.2, 0.25) is 0 Å². The second kappa shape index (κ2) is 7.08. The van der Waals surface area contributed by atoms with Gasteiger partial charge in [0.25, 0.3) is 0 Å². The Morgan fingerprint density at radius 3 is 2.67 bits per heavy atom. The standard InChI is InChI=1S/C15H21N3O3/c1-10-5-4-8-16-13(10)14(19)17-11-6-3-7-12(9-11)18-15(20)21-2/h3,6-7,9-10,13,16H,4-5,8H2,1-2H3,(H,17,19)(H,18,20). The average molecular weight is 291 g/mol. The van der Waals surface area contributed by atoms with Crippen molar-refractivity contribution in [3.63, 3.8) is 0 Å². The first kappa shape index (κ1) is 15.3. The topological polar surface area (TPSA) is 79.5 Å². The van der Waals surface area contributed by atoms with Gasteiger partial charge in [-0.15, -0.1) is 0 Å². The maximum absolute atomic E-state index is 12.3. The van der Waals surface area contributed by atoms with Crippen LogP contribution >= 0.6 is 0 Å². The normalized spacial score (nSPS) is 21.4. The van der Waals surface area contributed by atoms with Gasteiger partial charge in [-0.05, 0) is 43.5 Å². The van der Waals surface area contributed by atoms with Crippen LogP contribution in [-0.4, -0.2) is 31.7 Å². The minimum absolute atomic E-state index is 0.0441. The minimum atomic E-state index is -0.541. The molecule has 0 aromatic heterocycles. The van der Waals surface area contributed by atoms with Crippen molar-refractivity contribution >= 4 is 23.4 Å². The molecule has 1 aliphatic rings. The molecule has 1 aromatic rings. The Kier molecular flexibility index (Phi) is 5.16. The van der Waals surface area contributed by atoms with E-state index in [2.05, 4.69) is 27.6 Å². The lowest BCUT2D eigenvalue weighted by molar-refractivity contribution is -0.119. The molecule has 6 heteroatoms. The maximum Gasteiger partial charge on any atom is 0.411 e. The van der Waals surface area contributed by atoms with E-state index in [1.807, 2.05) is 0 Å². The first-order chi connectivity index (χ1) is 10.1. The van der Waals surface area contributed by atoms with E-state index in [4.69, 9.17) is 0 Å². The molecule has 2 amide bonds. The van der Waals surface area contributed by atoms with Crippen LogP contribution in [0.5, 0.6) is 0 Å². The zero-order valence-electron chi connectivity index (χ0n) is 12.3. The van der Waals surface area contributed by atoms with Gasteiger partial charge in [-0.3, -0.25) is 10.1 Å². The second-order valence-electron chi connectivity index (χ2n) is 5.24. The van der Waals surface area contributed by atoms with E-state index >= 15 is 0 Å². The smallest absolute Gasteiger partial charge is 0.411 e. The number of carbonyl (C=O) groups is 2. The number of amides is 2. The molecule has 0 saturated carbocycles. The monoisotopic (exact) mass is 291 g/mol. The molecule has 114 valence electrons. The van der Waals surface area contributed by atoms with Crippen LogP contribution in [0.15, 0.2) is 24.3 Å². The van der Waals surface area contributed by atoms with Crippen molar-refractivity contribution in [1.82, 2.24) is 5.32 Å². The fourth-order valence-corrected chi connectivity index (χ4v) is 2.46. The summed E-state index contributed by atoms with van der Waals surface area (Å²) in [7, 11) is 1.30. The van der Waals surface area contributed by atoms with Crippen molar-refractivity contribution in [2.45, 2.75) is 25.8 Å². The third kappa shape index (κ3) is 4.19. The third-order valence-electron chi connectivity index (χ3n) is 3.61. The van der Waals surface area contributed by atoms with Crippen LogP contribution in [0.4, 0.5) is 16.2 Å². The molecule has 21 heavy (non-hydrogen) atoms. The first-order valence-corrected chi connectivity index (χ1v) is 7.09. The summed E-state index contributed by atoms with van der Waals surface area (Å²) >= 11 is 0. The van der Waals surface area contributed by atoms with Crippen molar-refractivity contribution in [2.24, 2.45) is 5.92 Å². The maximum atomic E-state index is 12.3. The molecule has 1 fully saturated rings. The SMILES string of the molecule is COC(=O)Nc1cccc(NC(=O)C2NCCCC2C)c1. The van der Waals surface area contributed by atoms with E-state index in [0.29, 0.717) is 17.3 Å². The van der Waals surface area contributed by atoms with Gasteiger partial charge in [-0.25, -0.2) is 4.79 Å². The zero-order valence-corrected chi connectivity index (χ0v) is 12.3. The molecule has 6 nitrogen and oxygen atoms in total. The van der Waals surface area contributed by atoms with E-state index < -0.39 is 6.09 Å². The molecule has 1 aromatic carbocycles. The highest BCUT2D eigenvalue weighted by atomic mass is 16.5. The second-order valence-corrected chi connectivity index (χ2v) is 5.24. The van der Waals surface area contributed by atoms with Crippen LogP contribution in [0.3, 0.4) is 0 Å². The number of nitrogens with one attached hydrogen (secondary N) is 3. The molecule has 2 unspecified atom stereocenters. The van der Waals surface area contributed by atoms with Crippen LogP contribution < -0.4 is 16.0 Å². The summed E-state index contributed by atoms with van der Waals surface area (Å²) in [5, 5.41) is 8.69. The molecule has 0 radical (unpaired) electrons. The van der Waals surface area contributed by atoms with Crippen LogP contribution in [-0.2, 0) is 9.53 Å². The minimum Gasteiger partial charge on any atom is -0.453 e. The van der Waals surface area contributed by atoms with Gasteiger partial charge in [0.2, 0.25) is 5.91 Å². The molecular formula is C15H21N3O3. The molecule has 1 aliphatic heterocycles. The average Bonchev–Trinajstić information content (AvgIpc) is 2.47. The summed E-state index contributed by atoms with van der Waals surface area (Å²) in [4.78, 5) is 23.5. The van der Waals surface area contributed by atoms with E-state index in [1.54, 1.807) is 24.3 Å². The Labute approximate surface area is 124 Å². The predicted octanol–water partition coefficient (Wildman–Crippen LogP) is 2.19. The first-order valence-electron chi connectivity index (χ1n) is 7.09. The highest BCUT2D eigenvalue weighted by molar-refractivity contribution is 5.96. The molecule has 1 saturated heterocycles. The highest BCUT2D eigenvalue weighted by Crippen LogP contribution is 2.19. The number of benzene rings is 1. The zero-order chi connectivity index (χ0) is 15.2. The number of methoxy groups -OCH3 is 1. The Bertz CT molecular complexity index is 519. The Balaban J connectivity index is 2.00. The summed E-state index contributed by atoms with van der Waals surface area (Å²) in [6.07, 6.45) is 1.61. The van der Waals surface area contributed by atoms with Crippen molar-refractivity contribution in [1.29, 1.82) is 0 Å². The van der Waals surface area contributed by atoms with Gasteiger partial charge in [0.05, 0.1) is 13.2 Å². The third-order valence-corrected chi connectivity index (χ3v) is 3.61. The van der Waals surface area contributed by atoms with Gasteiger partial charge in [-0.2, -0.15) is 0 Å². The lowest BCUT2D eigenvalue weighted by Gasteiger charge is -2.28. The Hall–Kier alpha value is -2.08. The van der Waals surface area contributed by atoms with Crippen LogP contribution in [0.1, 0.15) is 19.8 Å². The molecule has 0 bridgehead atoms. The largest absolute Gasteiger partial charge is 0.453 e. The van der Waals surface area contributed by atoms with Crippen molar-refractivity contribution in [2.75, 3.05) is 24.3 Å². The lowest BCUT2D eigenvalue weighted by Crippen LogP contribution is -2.48. The highest BCUT2D eigenvalue weighted by Gasteiger charge is 2.27. The number of hydrogen-bond acceptors (Lipinski definition) is 4. The van der Waals surface area contributed by atoms with E-state index in [1.165, 1.54) is 7.11 Å². The quantitative estimate of drug-likeness (QED) is 0.797. The fraction of sp³-hybridized carbons (Fsp3) is 0.467. The van der Waals surface area contributed by atoms with Crippen LogP contribution in [0.25, 0.3) is 0 Å². The van der Waals surface area contributed by atoms with Gasteiger partial charge < -0.3 is 15.4 Å². The molecule has 0 aliphatic carbocycles. The van der Waals surface area contributed by atoms with Gasteiger partial charge >= 0.3 is 6.09 Å². The molecule has 2 atom stereocenters. The molecule has 0 spiro atoms. The van der Waals surface area contributed by atoms with Gasteiger partial charge in [0, 0.05) is 11.4 Å². The molecule has 2 rings (SSSR count). The number of rotatable bonds is 3. The summed E-state index contributed by atoms with van der Waals surface area (Å²) in [6, 6.07) is 6.80. The summed E-state index contributed by atoms with van der Waals surface area (Å²) in [5.41, 5.74) is 1.22. The molecule has 3 N–H and O–H groups in total. The van der Waals surface area contributed by atoms with Crippen molar-refractivity contribution in [3.05, 3.63) is 24.3 Å². The van der Waals surface area contributed by atoms with Crippen LogP contribution in [0, 0.1) is 5.92 Å². The fourth-order valence-electron chi connectivity index (χ4n) is 2.46.